The normalized spacial score (nSPS) is 16.0. The SMILES string of the molecule is CCN(Cc1ccco1)C(=O)NCC1(CC(=O)O)CCC1. The first-order valence-corrected chi connectivity index (χ1v) is 7.32. The maximum Gasteiger partial charge on any atom is 0.317 e. The van der Waals surface area contributed by atoms with Crippen molar-refractivity contribution in [2.45, 2.75) is 39.2 Å². The zero-order valence-electron chi connectivity index (χ0n) is 12.3. The molecule has 0 radical (unpaired) electrons. The Hall–Kier alpha value is -1.98. The third kappa shape index (κ3) is 4.00. The summed E-state index contributed by atoms with van der Waals surface area (Å²) in [6.45, 7) is 3.31. The summed E-state index contributed by atoms with van der Waals surface area (Å²) in [7, 11) is 0. The summed E-state index contributed by atoms with van der Waals surface area (Å²) >= 11 is 0. The van der Waals surface area contributed by atoms with Crippen LogP contribution >= 0.6 is 0 Å². The summed E-state index contributed by atoms with van der Waals surface area (Å²) < 4.78 is 5.25. The van der Waals surface area contributed by atoms with Gasteiger partial charge in [0.1, 0.15) is 5.76 Å². The van der Waals surface area contributed by atoms with E-state index in [9.17, 15) is 9.59 Å². The van der Waals surface area contributed by atoms with Gasteiger partial charge in [-0.05, 0) is 37.3 Å². The number of carbonyl (C=O) groups excluding carboxylic acids is 1. The molecule has 6 nitrogen and oxygen atoms in total. The van der Waals surface area contributed by atoms with Crippen molar-refractivity contribution in [3.63, 3.8) is 0 Å². The van der Waals surface area contributed by atoms with Crippen LogP contribution in [0.5, 0.6) is 0 Å². The minimum atomic E-state index is -0.799. The number of furan rings is 1. The molecule has 1 aliphatic rings. The number of carboxylic acid groups (broad SMARTS) is 1. The molecule has 1 fully saturated rings. The van der Waals surface area contributed by atoms with Crippen LogP contribution in [0.15, 0.2) is 22.8 Å². The molecule has 2 rings (SSSR count). The zero-order valence-corrected chi connectivity index (χ0v) is 12.3. The lowest BCUT2D eigenvalue weighted by Gasteiger charge is -2.41. The smallest absolute Gasteiger partial charge is 0.317 e. The first-order chi connectivity index (χ1) is 10.0. The second-order valence-electron chi connectivity index (χ2n) is 5.68. The number of rotatable bonds is 7. The molecule has 0 atom stereocenters. The van der Waals surface area contributed by atoms with Gasteiger partial charge >= 0.3 is 12.0 Å². The lowest BCUT2D eigenvalue weighted by Crippen LogP contribution is -2.47. The van der Waals surface area contributed by atoms with Crippen molar-refractivity contribution in [1.82, 2.24) is 10.2 Å². The molecule has 116 valence electrons. The summed E-state index contributed by atoms with van der Waals surface area (Å²) in [5.74, 6) is -0.0669. The molecule has 0 aromatic carbocycles. The van der Waals surface area contributed by atoms with Gasteiger partial charge in [-0.3, -0.25) is 4.79 Å². The number of nitrogens with zero attached hydrogens (tertiary/aromatic N) is 1. The Bertz CT molecular complexity index is 480. The summed E-state index contributed by atoms with van der Waals surface area (Å²) in [5, 5.41) is 11.8. The van der Waals surface area contributed by atoms with Crippen LogP contribution in [-0.2, 0) is 11.3 Å². The molecule has 0 saturated heterocycles. The minimum Gasteiger partial charge on any atom is -0.481 e. The van der Waals surface area contributed by atoms with Crippen LogP contribution in [0.1, 0.15) is 38.4 Å². The van der Waals surface area contributed by atoms with Crippen molar-refractivity contribution in [2.75, 3.05) is 13.1 Å². The van der Waals surface area contributed by atoms with Gasteiger partial charge in [-0.1, -0.05) is 6.42 Å². The van der Waals surface area contributed by atoms with Gasteiger partial charge in [-0.15, -0.1) is 0 Å². The molecule has 1 heterocycles. The molecular weight excluding hydrogens is 272 g/mol. The van der Waals surface area contributed by atoms with E-state index >= 15 is 0 Å². The molecule has 21 heavy (non-hydrogen) atoms. The van der Waals surface area contributed by atoms with E-state index in [0.29, 0.717) is 19.6 Å². The number of amides is 2. The van der Waals surface area contributed by atoms with Crippen LogP contribution in [-0.4, -0.2) is 35.1 Å². The second-order valence-corrected chi connectivity index (χ2v) is 5.68. The summed E-state index contributed by atoms with van der Waals surface area (Å²) in [6.07, 6.45) is 4.47. The summed E-state index contributed by atoms with van der Waals surface area (Å²) in [5.41, 5.74) is -0.258. The lowest BCUT2D eigenvalue weighted by atomic mass is 9.66. The van der Waals surface area contributed by atoms with Gasteiger partial charge in [0.15, 0.2) is 0 Å². The van der Waals surface area contributed by atoms with Crippen molar-refractivity contribution >= 4 is 12.0 Å². The van der Waals surface area contributed by atoms with E-state index in [1.807, 2.05) is 13.0 Å². The number of carboxylic acids is 1. The standard InChI is InChI=1S/C15H22N2O4/c1-2-17(10-12-5-3-8-21-12)14(20)16-11-15(6-4-7-15)9-13(18)19/h3,5,8H,2,4,6-7,9-11H2,1H3,(H,16,20)(H,18,19). The predicted molar refractivity (Wildman–Crippen MR) is 76.7 cm³/mol. The molecule has 1 aromatic heterocycles. The highest BCUT2D eigenvalue weighted by Gasteiger charge is 2.39. The molecule has 1 saturated carbocycles. The summed E-state index contributed by atoms with van der Waals surface area (Å²) in [6, 6.07) is 3.44. The third-order valence-electron chi connectivity index (χ3n) is 4.15. The topological polar surface area (TPSA) is 82.8 Å². The number of nitrogens with one attached hydrogen (secondary N) is 1. The van der Waals surface area contributed by atoms with Gasteiger partial charge in [-0.25, -0.2) is 4.79 Å². The average Bonchev–Trinajstić information content (AvgIpc) is 2.91. The molecule has 1 aliphatic carbocycles. The molecule has 0 bridgehead atoms. The van der Waals surface area contributed by atoms with E-state index < -0.39 is 5.97 Å². The maximum absolute atomic E-state index is 12.2. The lowest BCUT2D eigenvalue weighted by molar-refractivity contribution is -0.141. The van der Waals surface area contributed by atoms with Gasteiger partial charge in [0, 0.05) is 13.1 Å². The van der Waals surface area contributed by atoms with Crippen molar-refractivity contribution in [1.29, 1.82) is 0 Å². The Morgan fingerprint density at radius 1 is 1.48 bits per heavy atom. The van der Waals surface area contributed by atoms with E-state index in [1.165, 1.54) is 0 Å². The van der Waals surface area contributed by atoms with E-state index in [1.54, 1.807) is 17.2 Å². The van der Waals surface area contributed by atoms with E-state index in [0.717, 1.165) is 25.0 Å². The fourth-order valence-electron chi connectivity index (χ4n) is 2.71. The fraction of sp³-hybridized carbons (Fsp3) is 0.600. The Morgan fingerprint density at radius 3 is 2.71 bits per heavy atom. The van der Waals surface area contributed by atoms with E-state index in [2.05, 4.69) is 5.32 Å². The highest BCUT2D eigenvalue weighted by atomic mass is 16.4. The van der Waals surface area contributed by atoms with Crippen molar-refractivity contribution in [3.05, 3.63) is 24.2 Å². The molecule has 0 unspecified atom stereocenters. The first-order valence-electron chi connectivity index (χ1n) is 7.32. The average molecular weight is 294 g/mol. The van der Waals surface area contributed by atoms with E-state index in [-0.39, 0.29) is 17.9 Å². The number of carbonyl (C=O) groups is 2. The fourth-order valence-corrected chi connectivity index (χ4v) is 2.71. The van der Waals surface area contributed by atoms with Gasteiger partial charge in [0.2, 0.25) is 0 Å². The largest absolute Gasteiger partial charge is 0.481 e. The van der Waals surface area contributed by atoms with Gasteiger partial charge < -0.3 is 19.7 Å². The van der Waals surface area contributed by atoms with Crippen LogP contribution in [0, 0.1) is 5.41 Å². The first kappa shape index (κ1) is 15.4. The van der Waals surface area contributed by atoms with Crippen LogP contribution < -0.4 is 5.32 Å². The molecule has 1 aromatic rings. The number of aliphatic carboxylic acids is 1. The zero-order chi connectivity index (χ0) is 15.3. The molecule has 0 aliphatic heterocycles. The third-order valence-corrected chi connectivity index (χ3v) is 4.15. The quantitative estimate of drug-likeness (QED) is 0.809. The molecule has 2 N–H and O–H groups in total. The molecule has 0 spiro atoms. The Kier molecular flexibility index (Phi) is 4.88. The molecule has 6 heteroatoms. The van der Waals surface area contributed by atoms with Crippen molar-refractivity contribution < 1.29 is 19.1 Å². The molecular formula is C15H22N2O4. The van der Waals surface area contributed by atoms with Crippen LogP contribution in [0.3, 0.4) is 0 Å². The highest BCUT2D eigenvalue weighted by molar-refractivity contribution is 5.74. The van der Waals surface area contributed by atoms with E-state index in [4.69, 9.17) is 9.52 Å². The monoisotopic (exact) mass is 294 g/mol. The number of urea groups is 1. The second kappa shape index (κ2) is 6.65. The van der Waals surface area contributed by atoms with Crippen LogP contribution in [0.4, 0.5) is 4.79 Å². The Balaban J connectivity index is 1.86. The van der Waals surface area contributed by atoms with Crippen LogP contribution in [0.25, 0.3) is 0 Å². The summed E-state index contributed by atoms with van der Waals surface area (Å²) in [4.78, 5) is 24.8. The number of hydrogen-bond donors (Lipinski definition) is 2. The highest BCUT2D eigenvalue weighted by Crippen LogP contribution is 2.43. The van der Waals surface area contributed by atoms with Crippen molar-refractivity contribution in [2.24, 2.45) is 5.41 Å². The molecule has 2 amide bonds. The number of hydrogen-bond acceptors (Lipinski definition) is 3. The van der Waals surface area contributed by atoms with Crippen LogP contribution in [0.2, 0.25) is 0 Å². The van der Waals surface area contributed by atoms with Crippen molar-refractivity contribution in [3.8, 4) is 0 Å². The van der Waals surface area contributed by atoms with Gasteiger partial charge in [0.25, 0.3) is 0 Å². The van der Waals surface area contributed by atoms with Gasteiger partial charge in [0.05, 0.1) is 19.2 Å². The maximum atomic E-state index is 12.2. The minimum absolute atomic E-state index is 0.123. The Morgan fingerprint density at radius 2 is 2.24 bits per heavy atom. The van der Waals surface area contributed by atoms with Gasteiger partial charge in [-0.2, -0.15) is 0 Å². The Labute approximate surface area is 124 Å². The predicted octanol–water partition coefficient (Wildman–Crippen LogP) is 2.46.